The zero-order valence-corrected chi connectivity index (χ0v) is 10.7. The second-order valence-corrected chi connectivity index (χ2v) is 4.41. The lowest BCUT2D eigenvalue weighted by Gasteiger charge is -2.07. The molecule has 1 aromatic carbocycles. The normalized spacial score (nSPS) is 10.4. The third kappa shape index (κ3) is 2.35. The lowest BCUT2D eigenvalue weighted by atomic mass is 10.1. The summed E-state index contributed by atoms with van der Waals surface area (Å²) in [6.45, 7) is 5.98. The molecule has 0 aliphatic heterocycles. The van der Waals surface area contributed by atoms with Gasteiger partial charge in [-0.15, -0.1) is 0 Å². The molecule has 92 valence electrons. The van der Waals surface area contributed by atoms with Gasteiger partial charge in [0.15, 0.2) is 5.75 Å². The van der Waals surface area contributed by atoms with Gasteiger partial charge in [0, 0.05) is 6.04 Å². The highest BCUT2D eigenvalue weighted by molar-refractivity contribution is 5.49. The summed E-state index contributed by atoms with van der Waals surface area (Å²) in [5.41, 5.74) is 1.47. The standard InChI is InChI=1S/C14H15N3O/c1-10(2)17-9-12(8-16-17)18-14-6-4-5-11(3)13(14)7-15/h4-6,8-10H,1-3H3. The zero-order valence-electron chi connectivity index (χ0n) is 10.7. The highest BCUT2D eigenvalue weighted by Gasteiger charge is 2.09. The molecule has 2 aromatic rings. The van der Waals surface area contributed by atoms with Gasteiger partial charge < -0.3 is 4.74 Å². The molecule has 0 saturated carbocycles. The first-order chi connectivity index (χ1) is 8.61. The summed E-state index contributed by atoms with van der Waals surface area (Å²) < 4.78 is 7.52. The van der Waals surface area contributed by atoms with E-state index in [4.69, 9.17) is 10.00 Å². The first kappa shape index (κ1) is 12.2. The van der Waals surface area contributed by atoms with Crippen molar-refractivity contribution in [1.82, 2.24) is 9.78 Å². The molecule has 0 aliphatic carbocycles. The predicted molar refractivity (Wildman–Crippen MR) is 68.6 cm³/mol. The van der Waals surface area contributed by atoms with Crippen LogP contribution in [0.15, 0.2) is 30.6 Å². The number of nitriles is 1. The lowest BCUT2D eigenvalue weighted by Crippen LogP contribution is -1.99. The van der Waals surface area contributed by atoms with Gasteiger partial charge in [0.05, 0.1) is 18.0 Å². The first-order valence-corrected chi connectivity index (χ1v) is 5.83. The fourth-order valence-corrected chi connectivity index (χ4v) is 1.65. The van der Waals surface area contributed by atoms with Gasteiger partial charge in [0.2, 0.25) is 0 Å². The molecule has 0 atom stereocenters. The Morgan fingerprint density at radius 2 is 2.17 bits per heavy atom. The van der Waals surface area contributed by atoms with Gasteiger partial charge in [-0.05, 0) is 32.4 Å². The van der Waals surface area contributed by atoms with Crippen LogP contribution in [0.3, 0.4) is 0 Å². The van der Waals surface area contributed by atoms with Crippen LogP contribution in [0.2, 0.25) is 0 Å². The fraction of sp³-hybridized carbons (Fsp3) is 0.286. The van der Waals surface area contributed by atoms with Gasteiger partial charge in [0.25, 0.3) is 0 Å². The van der Waals surface area contributed by atoms with E-state index in [1.807, 2.05) is 43.8 Å². The van der Waals surface area contributed by atoms with Crippen molar-refractivity contribution < 1.29 is 4.74 Å². The molecule has 0 spiro atoms. The molecular weight excluding hydrogens is 226 g/mol. The van der Waals surface area contributed by atoms with Gasteiger partial charge in [-0.3, -0.25) is 4.68 Å². The molecule has 4 nitrogen and oxygen atoms in total. The number of ether oxygens (including phenoxy) is 1. The first-order valence-electron chi connectivity index (χ1n) is 5.83. The van der Waals surface area contributed by atoms with Crippen molar-refractivity contribution in [1.29, 1.82) is 5.26 Å². The van der Waals surface area contributed by atoms with Gasteiger partial charge in [-0.1, -0.05) is 12.1 Å². The van der Waals surface area contributed by atoms with Gasteiger partial charge in [-0.25, -0.2) is 0 Å². The van der Waals surface area contributed by atoms with Gasteiger partial charge in [-0.2, -0.15) is 10.4 Å². The summed E-state index contributed by atoms with van der Waals surface area (Å²) >= 11 is 0. The lowest BCUT2D eigenvalue weighted by molar-refractivity contribution is 0.475. The minimum Gasteiger partial charge on any atom is -0.453 e. The Kier molecular flexibility index (Phi) is 3.33. The summed E-state index contributed by atoms with van der Waals surface area (Å²) in [6.07, 6.45) is 3.48. The highest BCUT2D eigenvalue weighted by Crippen LogP contribution is 2.27. The molecule has 0 fully saturated rings. The highest BCUT2D eigenvalue weighted by atomic mass is 16.5. The molecule has 0 bridgehead atoms. The number of hydrogen-bond acceptors (Lipinski definition) is 3. The van der Waals surface area contributed by atoms with E-state index in [0.717, 1.165) is 5.56 Å². The number of aromatic nitrogens is 2. The second kappa shape index (κ2) is 4.92. The molecular formula is C14H15N3O. The summed E-state index contributed by atoms with van der Waals surface area (Å²) in [4.78, 5) is 0. The summed E-state index contributed by atoms with van der Waals surface area (Å²) in [5, 5.41) is 13.3. The molecule has 1 heterocycles. The molecule has 18 heavy (non-hydrogen) atoms. The minimum atomic E-state index is 0.287. The monoisotopic (exact) mass is 241 g/mol. The van der Waals surface area contributed by atoms with Gasteiger partial charge >= 0.3 is 0 Å². The van der Waals surface area contributed by atoms with E-state index in [1.54, 1.807) is 12.3 Å². The third-order valence-electron chi connectivity index (χ3n) is 2.68. The van der Waals surface area contributed by atoms with Crippen LogP contribution in [0.25, 0.3) is 0 Å². The molecule has 2 rings (SSSR count). The number of aryl methyl sites for hydroxylation is 1. The van der Waals surface area contributed by atoms with Crippen LogP contribution in [0.4, 0.5) is 0 Å². The van der Waals surface area contributed by atoms with Gasteiger partial charge in [0.1, 0.15) is 11.8 Å². The van der Waals surface area contributed by atoms with Crippen LogP contribution in [0, 0.1) is 18.3 Å². The van der Waals surface area contributed by atoms with Crippen molar-refractivity contribution in [3.63, 3.8) is 0 Å². The predicted octanol–water partition coefficient (Wildman–Crippen LogP) is 3.44. The molecule has 0 saturated heterocycles. The Morgan fingerprint density at radius 1 is 1.39 bits per heavy atom. The van der Waals surface area contributed by atoms with E-state index in [9.17, 15) is 0 Å². The van der Waals surface area contributed by atoms with Crippen molar-refractivity contribution >= 4 is 0 Å². The van der Waals surface area contributed by atoms with E-state index in [0.29, 0.717) is 17.1 Å². The van der Waals surface area contributed by atoms with E-state index in [1.165, 1.54) is 0 Å². The third-order valence-corrected chi connectivity index (χ3v) is 2.68. The minimum absolute atomic E-state index is 0.287. The molecule has 0 aliphatic rings. The van der Waals surface area contributed by atoms with E-state index >= 15 is 0 Å². The summed E-state index contributed by atoms with van der Waals surface area (Å²) in [6, 6.07) is 8.00. The van der Waals surface area contributed by atoms with E-state index in [2.05, 4.69) is 11.2 Å². The second-order valence-electron chi connectivity index (χ2n) is 4.41. The van der Waals surface area contributed by atoms with Crippen molar-refractivity contribution in [2.24, 2.45) is 0 Å². The maximum Gasteiger partial charge on any atom is 0.165 e. The summed E-state index contributed by atoms with van der Waals surface area (Å²) in [5.74, 6) is 1.21. The van der Waals surface area contributed by atoms with Crippen LogP contribution < -0.4 is 4.74 Å². The summed E-state index contributed by atoms with van der Waals surface area (Å²) in [7, 11) is 0. The Labute approximate surface area is 106 Å². The largest absolute Gasteiger partial charge is 0.453 e. The zero-order chi connectivity index (χ0) is 13.1. The molecule has 0 unspecified atom stereocenters. The van der Waals surface area contributed by atoms with Crippen LogP contribution in [-0.4, -0.2) is 9.78 Å². The topological polar surface area (TPSA) is 50.8 Å². The van der Waals surface area contributed by atoms with Crippen LogP contribution in [0.1, 0.15) is 31.0 Å². The SMILES string of the molecule is Cc1cccc(Oc2cnn(C(C)C)c2)c1C#N. The van der Waals surface area contributed by atoms with Crippen LogP contribution in [0.5, 0.6) is 11.5 Å². The quantitative estimate of drug-likeness (QED) is 0.827. The smallest absolute Gasteiger partial charge is 0.165 e. The Balaban J connectivity index is 2.29. The number of hydrogen-bond donors (Lipinski definition) is 0. The number of nitrogens with zero attached hydrogens (tertiary/aromatic N) is 3. The maximum atomic E-state index is 9.12. The van der Waals surface area contributed by atoms with Crippen LogP contribution >= 0.6 is 0 Å². The molecule has 4 heteroatoms. The Morgan fingerprint density at radius 3 is 2.78 bits per heavy atom. The number of benzene rings is 1. The fourth-order valence-electron chi connectivity index (χ4n) is 1.65. The van der Waals surface area contributed by atoms with E-state index in [-0.39, 0.29) is 6.04 Å². The molecule has 0 amide bonds. The Hall–Kier alpha value is -2.28. The van der Waals surface area contributed by atoms with Crippen LogP contribution in [-0.2, 0) is 0 Å². The van der Waals surface area contributed by atoms with Crippen molar-refractivity contribution in [2.75, 3.05) is 0 Å². The average Bonchev–Trinajstić information content (AvgIpc) is 2.78. The van der Waals surface area contributed by atoms with Crippen molar-refractivity contribution in [3.05, 3.63) is 41.7 Å². The average molecular weight is 241 g/mol. The van der Waals surface area contributed by atoms with Crippen molar-refractivity contribution in [3.8, 4) is 17.6 Å². The van der Waals surface area contributed by atoms with Crippen molar-refractivity contribution in [2.45, 2.75) is 26.8 Å². The molecule has 1 aromatic heterocycles. The molecule has 0 N–H and O–H groups in total. The maximum absolute atomic E-state index is 9.12. The van der Waals surface area contributed by atoms with E-state index < -0.39 is 0 Å². The Bertz CT molecular complexity index is 593. The molecule has 0 radical (unpaired) electrons. The number of rotatable bonds is 3.